The van der Waals surface area contributed by atoms with E-state index in [1.807, 2.05) is 51.8 Å². The summed E-state index contributed by atoms with van der Waals surface area (Å²) in [5.41, 5.74) is 6.35. The van der Waals surface area contributed by atoms with Crippen molar-refractivity contribution in [2.45, 2.75) is 6.42 Å². The van der Waals surface area contributed by atoms with Gasteiger partial charge in [0.2, 0.25) is 0 Å². The largest absolute Gasteiger partial charge is 0.497 e. The van der Waals surface area contributed by atoms with Crippen LogP contribution in [0.3, 0.4) is 0 Å². The number of pyridine rings is 1. The minimum atomic E-state index is 0.614. The van der Waals surface area contributed by atoms with Crippen LogP contribution in [0.25, 0.3) is 16.9 Å². The Kier molecular flexibility index (Phi) is 3.49. The molecule has 0 aliphatic carbocycles. The number of rotatable bonds is 1. The van der Waals surface area contributed by atoms with Crippen molar-refractivity contribution in [3.63, 3.8) is 0 Å². The summed E-state index contributed by atoms with van der Waals surface area (Å²) in [5.74, 6) is 7.23. The van der Waals surface area contributed by atoms with E-state index in [0.717, 1.165) is 45.3 Å². The SMILES string of the molecule is COc1ccc2c(c1)-n1nncc1Cc1c(C#Cc3cnn4ccccc34)ncn1-2. The lowest BCUT2D eigenvalue weighted by Crippen LogP contribution is -2.03. The fourth-order valence-electron chi connectivity index (χ4n) is 3.77. The van der Waals surface area contributed by atoms with Crippen LogP contribution >= 0.6 is 0 Å². The number of hydrogen-bond acceptors (Lipinski definition) is 5. The fourth-order valence-corrected chi connectivity index (χ4v) is 3.77. The molecule has 5 heterocycles. The predicted molar refractivity (Wildman–Crippen MR) is 109 cm³/mol. The standard InChI is InChI=1S/C22H15N7O/c1-30-17-6-8-20-22(11-17)29-16(13-24-26-29)10-21-18(23-14-27(20)21)7-5-15-12-25-28-9-3-2-4-19(15)28/h2-4,6,8-9,11-14H,10H2,1H3. The van der Waals surface area contributed by atoms with Gasteiger partial charge in [0.25, 0.3) is 0 Å². The van der Waals surface area contributed by atoms with Crippen molar-refractivity contribution < 1.29 is 4.74 Å². The maximum Gasteiger partial charge on any atom is 0.135 e. The van der Waals surface area contributed by atoms with Gasteiger partial charge >= 0.3 is 0 Å². The third kappa shape index (κ3) is 2.42. The van der Waals surface area contributed by atoms with E-state index in [0.29, 0.717) is 6.42 Å². The molecule has 6 rings (SSSR count). The highest BCUT2D eigenvalue weighted by Crippen LogP contribution is 2.31. The molecule has 0 bridgehead atoms. The molecule has 30 heavy (non-hydrogen) atoms. The molecule has 0 atom stereocenters. The molecule has 0 unspecified atom stereocenters. The highest BCUT2D eigenvalue weighted by molar-refractivity contribution is 5.63. The summed E-state index contributed by atoms with van der Waals surface area (Å²) in [5, 5.41) is 12.7. The first-order chi connectivity index (χ1) is 14.8. The number of imidazole rings is 1. The van der Waals surface area contributed by atoms with Gasteiger partial charge < -0.3 is 4.74 Å². The third-order valence-corrected chi connectivity index (χ3v) is 5.25. The highest BCUT2D eigenvalue weighted by atomic mass is 16.5. The van der Waals surface area contributed by atoms with E-state index in [9.17, 15) is 0 Å². The Labute approximate surface area is 171 Å². The first kappa shape index (κ1) is 16.6. The smallest absolute Gasteiger partial charge is 0.135 e. The lowest BCUT2D eigenvalue weighted by molar-refractivity contribution is 0.414. The van der Waals surface area contributed by atoms with Gasteiger partial charge in [-0.25, -0.2) is 14.2 Å². The number of benzene rings is 1. The molecule has 144 valence electrons. The van der Waals surface area contributed by atoms with E-state index >= 15 is 0 Å². The van der Waals surface area contributed by atoms with Crippen LogP contribution in [0.2, 0.25) is 0 Å². The lowest BCUT2D eigenvalue weighted by Gasteiger charge is -2.11. The van der Waals surface area contributed by atoms with E-state index in [-0.39, 0.29) is 0 Å². The van der Waals surface area contributed by atoms with Gasteiger partial charge in [0.15, 0.2) is 0 Å². The number of methoxy groups -OCH3 is 1. The number of fused-ring (bicyclic) bond motifs is 6. The van der Waals surface area contributed by atoms with Crippen molar-refractivity contribution in [1.29, 1.82) is 0 Å². The number of aromatic nitrogens is 7. The van der Waals surface area contributed by atoms with Gasteiger partial charge in [-0.05, 0) is 30.2 Å². The second-order valence-corrected chi connectivity index (χ2v) is 6.92. The van der Waals surface area contributed by atoms with Crippen LogP contribution in [0.1, 0.15) is 22.6 Å². The first-order valence-electron chi connectivity index (χ1n) is 9.41. The van der Waals surface area contributed by atoms with Gasteiger partial charge in [0.1, 0.15) is 17.8 Å². The molecule has 0 N–H and O–H groups in total. The summed E-state index contributed by atoms with van der Waals surface area (Å²) in [6, 6.07) is 11.8. The molecule has 0 fully saturated rings. The van der Waals surface area contributed by atoms with Crippen LogP contribution in [0, 0.1) is 11.8 Å². The molecule has 0 spiro atoms. The molecular formula is C22H15N7O. The lowest BCUT2D eigenvalue weighted by atomic mass is 10.2. The van der Waals surface area contributed by atoms with Gasteiger partial charge in [-0.2, -0.15) is 5.10 Å². The fraction of sp³-hybridized carbons (Fsp3) is 0.0909. The zero-order chi connectivity index (χ0) is 20.1. The van der Waals surface area contributed by atoms with Crippen LogP contribution in [0.15, 0.2) is 61.3 Å². The van der Waals surface area contributed by atoms with Crippen LogP contribution in [0.5, 0.6) is 5.75 Å². The summed E-state index contributed by atoms with van der Waals surface area (Å²) in [6.07, 6.45) is 7.87. The van der Waals surface area contributed by atoms with E-state index in [2.05, 4.69) is 36.8 Å². The van der Waals surface area contributed by atoms with Gasteiger partial charge in [-0.15, -0.1) is 5.10 Å². The Hall–Kier alpha value is -4.38. The third-order valence-electron chi connectivity index (χ3n) is 5.25. The van der Waals surface area contributed by atoms with Gasteiger partial charge in [-0.1, -0.05) is 17.2 Å². The molecule has 5 aromatic rings. The van der Waals surface area contributed by atoms with E-state index in [1.54, 1.807) is 25.8 Å². The highest BCUT2D eigenvalue weighted by Gasteiger charge is 2.23. The van der Waals surface area contributed by atoms with Gasteiger partial charge in [-0.3, -0.25) is 4.57 Å². The number of ether oxygens (including phenoxy) is 1. The molecule has 1 aromatic carbocycles. The van der Waals surface area contributed by atoms with Crippen molar-refractivity contribution in [2.75, 3.05) is 7.11 Å². The molecule has 4 aromatic heterocycles. The zero-order valence-corrected chi connectivity index (χ0v) is 16.0. The summed E-state index contributed by atoms with van der Waals surface area (Å²) in [7, 11) is 1.65. The second-order valence-electron chi connectivity index (χ2n) is 6.92. The Balaban J connectivity index is 1.51. The summed E-state index contributed by atoms with van der Waals surface area (Å²) in [4.78, 5) is 4.60. The van der Waals surface area contributed by atoms with Gasteiger partial charge in [0, 0.05) is 18.7 Å². The average Bonchev–Trinajstić information content (AvgIpc) is 3.50. The Bertz CT molecular complexity index is 1480. The monoisotopic (exact) mass is 393 g/mol. The van der Waals surface area contributed by atoms with Crippen LogP contribution in [0.4, 0.5) is 0 Å². The second kappa shape index (κ2) is 6.32. The predicted octanol–water partition coefficient (Wildman–Crippen LogP) is 2.41. The van der Waals surface area contributed by atoms with Crippen molar-refractivity contribution in [3.05, 3.63) is 84.0 Å². The van der Waals surface area contributed by atoms with E-state index in [4.69, 9.17) is 4.74 Å². The van der Waals surface area contributed by atoms with Gasteiger partial charge in [0.05, 0.1) is 53.3 Å². The average molecular weight is 393 g/mol. The zero-order valence-electron chi connectivity index (χ0n) is 16.0. The first-order valence-corrected chi connectivity index (χ1v) is 9.41. The molecule has 0 radical (unpaired) electrons. The molecule has 1 aliphatic rings. The van der Waals surface area contributed by atoms with Crippen molar-refractivity contribution in [1.82, 2.24) is 34.2 Å². The van der Waals surface area contributed by atoms with Crippen LogP contribution in [-0.4, -0.2) is 41.3 Å². The molecule has 1 aliphatic heterocycles. The molecule has 0 amide bonds. The normalized spacial score (nSPS) is 11.8. The Morgan fingerprint density at radius 3 is 2.97 bits per heavy atom. The molecule has 8 nitrogen and oxygen atoms in total. The minimum Gasteiger partial charge on any atom is -0.497 e. The maximum atomic E-state index is 5.40. The van der Waals surface area contributed by atoms with Crippen LogP contribution < -0.4 is 4.74 Å². The van der Waals surface area contributed by atoms with Crippen LogP contribution in [-0.2, 0) is 6.42 Å². The van der Waals surface area contributed by atoms with Crippen molar-refractivity contribution in [2.24, 2.45) is 0 Å². The maximum absolute atomic E-state index is 5.40. The molecular weight excluding hydrogens is 378 g/mol. The Morgan fingerprint density at radius 2 is 2.03 bits per heavy atom. The summed E-state index contributed by atoms with van der Waals surface area (Å²) >= 11 is 0. The summed E-state index contributed by atoms with van der Waals surface area (Å²) in [6.45, 7) is 0. The quantitative estimate of drug-likeness (QED) is 0.401. The molecule has 0 saturated carbocycles. The minimum absolute atomic E-state index is 0.614. The van der Waals surface area contributed by atoms with E-state index < -0.39 is 0 Å². The molecule has 8 heteroatoms. The van der Waals surface area contributed by atoms with Crippen molar-refractivity contribution in [3.8, 4) is 29.0 Å². The Morgan fingerprint density at radius 1 is 1.07 bits per heavy atom. The number of nitrogens with zero attached hydrogens (tertiary/aromatic N) is 7. The molecule has 0 saturated heterocycles. The topological polar surface area (TPSA) is 75.1 Å². The van der Waals surface area contributed by atoms with E-state index in [1.165, 1.54) is 0 Å². The number of hydrogen-bond donors (Lipinski definition) is 0. The summed E-state index contributed by atoms with van der Waals surface area (Å²) < 4.78 is 11.1. The van der Waals surface area contributed by atoms with Crippen molar-refractivity contribution >= 4 is 5.52 Å².